The monoisotopic (exact) mass is 343 g/mol. The smallest absolute Gasteiger partial charge is 0.247 e. The fourth-order valence-electron chi connectivity index (χ4n) is 2.21. The van der Waals surface area contributed by atoms with Crippen molar-refractivity contribution in [3.63, 3.8) is 0 Å². The van der Waals surface area contributed by atoms with E-state index in [9.17, 15) is 4.79 Å². The first kappa shape index (κ1) is 17.9. The molecule has 0 aliphatic heterocycles. The van der Waals surface area contributed by atoms with E-state index in [4.69, 9.17) is 9.47 Å². The van der Waals surface area contributed by atoms with Crippen LogP contribution in [-0.4, -0.2) is 32.1 Å². The molecule has 126 valence electrons. The molecule has 0 fully saturated rings. The maximum atomic E-state index is 12.2. The van der Waals surface area contributed by atoms with Crippen molar-refractivity contribution in [1.82, 2.24) is 4.90 Å². The summed E-state index contributed by atoms with van der Waals surface area (Å²) in [6, 6.07) is 15.6. The van der Waals surface area contributed by atoms with Crippen LogP contribution in [0.15, 0.2) is 64.9 Å². The van der Waals surface area contributed by atoms with Crippen molar-refractivity contribution in [2.45, 2.75) is 11.4 Å². The zero-order chi connectivity index (χ0) is 17.4. The Balaban J connectivity index is 1.99. The van der Waals surface area contributed by atoms with E-state index in [0.717, 1.165) is 10.5 Å². The maximum absolute atomic E-state index is 12.2. The molecule has 24 heavy (non-hydrogen) atoms. The largest absolute Gasteiger partial charge is 0.493 e. The molecular formula is C19H21NO3S. The van der Waals surface area contributed by atoms with Gasteiger partial charge in [-0.3, -0.25) is 4.79 Å². The number of benzene rings is 2. The van der Waals surface area contributed by atoms with Gasteiger partial charge in [0.2, 0.25) is 5.91 Å². The second-order valence-corrected chi connectivity index (χ2v) is 6.06. The van der Waals surface area contributed by atoms with E-state index in [0.29, 0.717) is 18.0 Å². The number of amides is 1. The number of carbonyl (C=O) groups is 1. The lowest BCUT2D eigenvalue weighted by Gasteiger charge is -2.18. The van der Waals surface area contributed by atoms with Crippen LogP contribution in [0.2, 0.25) is 0 Å². The van der Waals surface area contributed by atoms with Gasteiger partial charge in [0.1, 0.15) is 0 Å². The Bertz CT molecular complexity index is 701. The van der Waals surface area contributed by atoms with Crippen LogP contribution in [0.5, 0.6) is 11.5 Å². The van der Waals surface area contributed by atoms with Crippen LogP contribution in [0.1, 0.15) is 5.56 Å². The first-order valence-electron chi connectivity index (χ1n) is 7.49. The Labute approximate surface area is 147 Å². The SMILES string of the molecule is COc1cccc(CN(C)C(=O)/C=C\Sc2ccccc2)c1OC. The Morgan fingerprint density at radius 3 is 2.50 bits per heavy atom. The normalized spacial score (nSPS) is 10.6. The molecule has 0 spiro atoms. The second kappa shape index (κ2) is 9.03. The van der Waals surface area contributed by atoms with Crippen LogP contribution in [0.3, 0.4) is 0 Å². The maximum Gasteiger partial charge on any atom is 0.247 e. The predicted molar refractivity (Wildman–Crippen MR) is 97.5 cm³/mol. The van der Waals surface area contributed by atoms with Crippen LogP contribution in [-0.2, 0) is 11.3 Å². The van der Waals surface area contributed by atoms with E-state index >= 15 is 0 Å². The lowest BCUT2D eigenvalue weighted by Crippen LogP contribution is -2.24. The highest BCUT2D eigenvalue weighted by Crippen LogP contribution is 2.31. The average molecular weight is 343 g/mol. The molecule has 0 unspecified atom stereocenters. The van der Waals surface area contributed by atoms with Crippen LogP contribution in [0.25, 0.3) is 0 Å². The minimum atomic E-state index is -0.0664. The van der Waals surface area contributed by atoms with Crippen molar-refractivity contribution in [1.29, 1.82) is 0 Å². The summed E-state index contributed by atoms with van der Waals surface area (Å²) in [5.41, 5.74) is 0.900. The Hall–Kier alpha value is -2.40. The Kier molecular flexibility index (Phi) is 6.75. The molecule has 0 radical (unpaired) electrons. The third-order valence-electron chi connectivity index (χ3n) is 3.43. The van der Waals surface area contributed by atoms with E-state index in [2.05, 4.69) is 0 Å². The van der Waals surface area contributed by atoms with E-state index < -0.39 is 0 Å². The molecule has 0 aliphatic carbocycles. The molecule has 0 saturated carbocycles. The molecule has 2 aromatic rings. The Morgan fingerprint density at radius 2 is 1.83 bits per heavy atom. The third-order valence-corrected chi connectivity index (χ3v) is 4.24. The summed E-state index contributed by atoms with van der Waals surface area (Å²) in [6.07, 6.45) is 1.57. The van der Waals surface area contributed by atoms with Crippen LogP contribution < -0.4 is 9.47 Å². The molecule has 0 aliphatic rings. The Morgan fingerprint density at radius 1 is 1.08 bits per heavy atom. The molecule has 0 N–H and O–H groups in total. The molecule has 1 amide bonds. The number of thioether (sulfide) groups is 1. The summed E-state index contributed by atoms with van der Waals surface area (Å²) in [7, 11) is 4.96. The minimum absolute atomic E-state index is 0.0664. The van der Waals surface area contributed by atoms with Crippen molar-refractivity contribution >= 4 is 17.7 Å². The minimum Gasteiger partial charge on any atom is -0.493 e. The average Bonchev–Trinajstić information content (AvgIpc) is 2.62. The van der Waals surface area contributed by atoms with Crippen molar-refractivity contribution in [2.75, 3.05) is 21.3 Å². The van der Waals surface area contributed by atoms with Crippen LogP contribution in [0.4, 0.5) is 0 Å². The molecule has 0 aromatic heterocycles. The van der Waals surface area contributed by atoms with E-state index in [1.807, 2.05) is 48.5 Å². The number of ether oxygens (including phenoxy) is 2. The number of nitrogens with zero attached hydrogens (tertiary/aromatic N) is 1. The van der Waals surface area contributed by atoms with Gasteiger partial charge in [0.05, 0.1) is 14.2 Å². The summed E-state index contributed by atoms with van der Waals surface area (Å²) >= 11 is 1.51. The lowest BCUT2D eigenvalue weighted by molar-refractivity contribution is -0.125. The number of likely N-dealkylation sites (N-methyl/N-ethyl adjacent to an activating group) is 1. The van der Waals surface area contributed by atoms with Crippen molar-refractivity contribution in [2.24, 2.45) is 0 Å². The van der Waals surface area contributed by atoms with Gasteiger partial charge in [0.15, 0.2) is 11.5 Å². The number of hydrogen-bond acceptors (Lipinski definition) is 4. The van der Waals surface area contributed by atoms with E-state index in [1.54, 1.807) is 37.7 Å². The van der Waals surface area contributed by atoms with Crippen LogP contribution in [0, 0.1) is 0 Å². The molecular weight excluding hydrogens is 322 g/mol. The first-order chi connectivity index (χ1) is 11.7. The molecule has 0 atom stereocenters. The lowest BCUT2D eigenvalue weighted by atomic mass is 10.1. The van der Waals surface area contributed by atoms with Gasteiger partial charge in [0.25, 0.3) is 0 Å². The summed E-state index contributed by atoms with van der Waals surface area (Å²) < 4.78 is 10.7. The van der Waals surface area contributed by atoms with Gasteiger partial charge < -0.3 is 14.4 Å². The number of methoxy groups -OCH3 is 2. The molecule has 2 rings (SSSR count). The number of para-hydroxylation sites is 1. The number of hydrogen-bond donors (Lipinski definition) is 0. The highest BCUT2D eigenvalue weighted by molar-refractivity contribution is 8.02. The summed E-state index contributed by atoms with van der Waals surface area (Å²) in [6.45, 7) is 0.444. The summed E-state index contributed by atoms with van der Waals surface area (Å²) in [5.74, 6) is 1.25. The van der Waals surface area contributed by atoms with Crippen molar-refractivity contribution < 1.29 is 14.3 Å². The van der Waals surface area contributed by atoms with Gasteiger partial charge in [-0.25, -0.2) is 0 Å². The van der Waals surface area contributed by atoms with E-state index in [-0.39, 0.29) is 5.91 Å². The van der Waals surface area contributed by atoms with Gasteiger partial charge in [-0.15, -0.1) is 0 Å². The molecule has 2 aromatic carbocycles. The van der Waals surface area contributed by atoms with Gasteiger partial charge in [-0.05, 0) is 23.6 Å². The fraction of sp³-hybridized carbons (Fsp3) is 0.211. The quantitative estimate of drug-likeness (QED) is 0.563. The standard InChI is InChI=1S/C19H21NO3S/c1-20(14-15-8-7-11-17(22-2)19(15)23-3)18(21)12-13-24-16-9-5-4-6-10-16/h4-13H,14H2,1-3H3/b13-12-. The first-order valence-corrected chi connectivity index (χ1v) is 8.37. The molecule has 0 heterocycles. The molecule has 0 saturated heterocycles. The van der Waals surface area contributed by atoms with Crippen LogP contribution >= 0.6 is 11.8 Å². The van der Waals surface area contributed by atoms with Gasteiger partial charge in [0, 0.05) is 30.1 Å². The predicted octanol–water partition coefficient (Wildman–Crippen LogP) is 3.97. The van der Waals surface area contributed by atoms with Gasteiger partial charge in [-0.2, -0.15) is 0 Å². The molecule has 0 bridgehead atoms. The second-order valence-electron chi connectivity index (χ2n) is 5.08. The van der Waals surface area contributed by atoms with Crippen molar-refractivity contribution in [3.05, 3.63) is 65.6 Å². The zero-order valence-electron chi connectivity index (χ0n) is 14.1. The third kappa shape index (κ3) is 4.80. The molecule has 4 nitrogen and oxygen atoms in total. The zero-order valence-corrected chi connectivity index (χ0v) is 14.9. The van der Waals surface area contributed by atoms with Gasteiger partial charge >= 0.3 is 0 Å². The van der Waals surface area contributed by atoms with Crippen molar-refractivity contribution in [3.8, 4) is 11.5 Å². The molecule has 5 heteroatoms. The van der Waals surface area contributed by atoms with Gasteiger partial charge in [-0.1, -0.05) is 42.1 Å². The highest BCUT2D eigenvalue weighted by Gasteiger charge is 2.13. The highest BCUT2D eigenvalue weighted by atomic mass is 32.2. The fourth-order valence-corrected chi connectivity index (χ4v) is 2.86. The summed E-state index contributed by atoms with van der Waals surface area (Å²) in [5, 5.41) is 1.80. The number of carbonyl (C=O) groups excluding carboxylic acids is 1. The number of rotatable bonds is 7. The van der Waals surface area contributed by atoms with E-state index in [1.165, 1.54) is 11.8 Å². The summed E-state index contributed by atoms with van der Waals surface area (Å²) in [4.78, 5) is 15.0. The topological polar surface area (TPSA) is 38.8 Å².